The number of anilines is 1. The van der Waals surface area contributed by atoms with Gasteiger partial charge in [-0.05, 0) is 50.3 Å². The van der Waals surface area contributed by atoms with Crippen LogP contribution in [0.2, 0.25) is 5.02 Å². The molecule has 0 aliphatic rings. The summed E-state index contributed by atoms with van der Waals surface area (Å²) in [5, 5.41) is 1.34. The summed E-state index contributed by atoms with van der Waals surface area (Å²) in [6.45, 7) is 9.44. The molecule has 3 aromatic rings. The van der Waals surface area contributed by atoms with E-state index in [1.54, 1.807) is 4.90 Å². The van der Waals surface area contributed by atoms with E-state index in [1.165, 1.54) is 11.3 Å². The van der Waals surface area contributed by atoms with E-state index in [9.17, 15) is 4.79 Å². The number of hydrogen-bond donors (Lipinski definition) is 0. The number of amides is 1. The van der Waals surface area contributed by atoms with Gasteiger partial charge in [0.2, 0.25) is 0 Å². The van der Waals surface area contributed by atoms with E-state index in [0.29, 0.717) is 22.4 Å². The second-order valence-electron chi connectivity index (χ2n) is 6.78. The van der Waals surface area contributed by atoms with Crippen LogP contribution in [0, 0.1) is 6.92 Å². The summed E-state index contributed by atoms with van der Waals surface area (Å²) in [7, 11) is 0. The van der Waals surface area contributed by atoms with Gasteiger partial charge < -0.3 is 9.64 Å². The van der Waals surface area contributed by atoms with Crippen molar-refractivity contribution >= 4 is 56.6 Å². The topological polar surface area (TPSA) is 45.7 Å². The van der Waals surface area contributed by atoms with Crippen LogP contribution in [-0.4, -0.2) is 48.6 Å². The van der Waals surface area contributed by atoms with Gasteiger partial charge in [0.1, 0.15) is 5.75 Å². The second kappa shape index (κ2) is 11.5. The van der Waals surface area contributed by atoms with E-state index in [-0.39, 0.29) is 24.9 Å². The van der Waals surface area contributed by atoms with Crippen LogP contribution in [0.25, 0.3) is 10.2 Å². The predicted molar refractivity (Wildman–Crippen MR) is 129 cm³/mol. The zero-order valence-electron chi connectivity index (χ0n) is 17.4. The number of fused-ring (bicyclic) bond motifs is 1. The number of rotatable bonds is 9. The molecule has 162 valence electrons. The van der Waals surface area contributed by atoms with Crippen molar-refractivity contribution in [2.45, 2.75) is 20.8 Å². The fourth-order valence-electron chi connectivity index (χ4n) is 2.97. The largest absolute Gasteiger partial charge is 0.484 e. The Balaban J connectivity index is 0.00000320. The third kappa shape index (κ3) is 6.32. The van der Waals surface area contributed by atoms with Crippen molar-refractivity contribution in [3.63, 3.8) is 0 Å². The maximum Gasteiger partial charge on any atom is 0.266 e. The van der Waals surface area contributed by atoms with Crippen molar-refractivity contribution < 1.29 is 9.53 Å². The molecule has 0 fully saturated rings. The number of hydrogen-bond acceptors (Lipinski definition) is 5. The Morgan fingerprint density at radius 3 is 2.47 bits per heavy atom. The summed E-state index contributed by atoms with van der Waals surface area (Å²) >= 11 is 7.58. The molecule has 30 heavy (non-hydrogen) atoms. The molecule has 0 radical (unpaired) electrons. The van der Waals surface area contributed by atoms with Crippen LogP contribution in [0.4, 0.5) is 5.13 Å². The summed E-state index contributed by atoms with van der Waals surface area (Å²) in [5.74, 6) is 0.576. The number of halogens is 2. The highest BCUT2D eigenvalue weighted by Crippen LogP contribution is 2.31. The smallest absolute Gasteiger partial charge is 0.266 e. The molecule has 1 heterocycles. The Morgan fingerprint density at radius 2 is 1.80 bits per heavy atom. The average molecular weight is 468 g/mol. The van der Waals surface area contributed by atoms with Crippen LogP contribution in [0.1, 0.15) is 19.4 Å². The number of nitrogens with zero attached hydrogens (tertiary/aromatic N) is 3. The third-order valence-corrected chi connectivity index (χ3v) is 6.06. The lowest BCUT2D eigenvalue weighted by atomic mass is 10.2. The van der Waals surface area contributed by atoms with Gasteiger partial charge in [-0.1, -0.05) is 54.5 Å². The van der Waals surface area contributed by atoms with E-state index < -0.39 is 0 Å². The minimum absolute atomic E-state index is 0. The molecule has 8 heteroatoms. The molecule has 1 aromatic heterocycles. The zero-order valence-corrected chi connectivity index (χ0v) is 19.8. The molecule has 3 rings (SSSR count). The van der Waals surface area contributed by atoms with E-state index in [4.69, 9.17) is 16.3 Å². The van der Waals surface area contributed by atoms with Crippen molar-refractivity contribution in [1.29, 1.82) is 0 Å². The van der Waals surface area contributed by atoms with Gasteiger partial charge in [-0.2, -0.15) is 0 Å². The summed E-state index contributed by atoms with van der Waals surface area (Å²) in [6, 6.07) is 13.3. The SMILES string of the molecule is CCN(CC)CCN(C(=O)COc1ccc(C)cc1)c1nc2ccc(Cl)cc2s1.Cl. The van der Waals surface area contributed by atoms with Gasteiger partial charge in [-0.15, -0.1) is 12.4 Å². The lowest BCUT2D eigenvalue weighted by Gasteiger charge is -2.24. The molecule has 0 atom stereocenters. The molecular weight excluding hydrogens is 441 g/mol. The van der Waals surface area contributed by atoms with Crippen molar-refractivity contribution in [1.82, 2.24) is 9.88 Å². The Labute approximate surface area is 193 Å². The first kappa shape index (κ1) is 24.4. The van der Waals surface area contributed by atoms with E-state index in [2.05, 4.69) is 23.7 Å². The lowest BCUT2D eigenvalue weighted by molar-refractivity contribution is -0.120. The minimum atomic E-state index is -0.108. The molecule has 0 spiro atoms. The van der Waals surface area contributed by atoms with Crippen molar-refractivity contribution in [2.75, 3.05) is 37.7 Å². The maximum atomic E-state index is 13.0. The van der Waals surface area contributed by atoms with Gasteiger partial charge in [0.25, 0.3) is 5.91 Å². The molecule has 0 unspecified atom stereocenters. The first-order valence-electron chi connectivity index (χ1n) is 9.78. The standard InChI is InChI=1S/C22H26ClN3O2S.ClH/c1-4-25(5-2)12-13-26(21(27)15-28-18-9-6-16(3)7-10-18)22-24-19-11-8-17(23)14-20(19)29-22;/h6-11,14H,4-5,12-13,15H2,1-3H3;1H. The first-order chi connectivity index (χ1) is 14.0. The second-order valence-corrected chi connectivity index (χ2v) is 8.23. The average Bonchev–Trinajstić information content (AvgIpc) is 3.13. The van der Waals surface area contributed by atoms with Crippen LogP contribution in [0.15, 0.2) is 42.5 Å². The highest BCUT2D eigenvalue weighted by molar-refractivity contribution is 7.22. The van der Waals surface area contributed by atoms with Crippen LogP contribution >= 0.6 is 35.3 Å². The summed E-state index contributed by atoms with van der Waals surface area (Å²) < 4.78 is 6.69. The number of aromatic nitrogens is 1. The fraction of sp³-hybridized carbons (Fsp3) is 0.364. The zero-order chi connectivity index (χ0) is 20.8. The molecule has 0 bridgehead atoms. The van der Waals surface area contributed by atoms with Gasteiger partial charge in [0.05, 0.1) is 10.2 Å². The predicted octanol–water partition coefficient (Wildman–Crippen LogP) is 5.43. The quantitative estimate of drug-likeness (QED) is 0.420. The molecule has 0 N–H and O–H groups in total. The van der Waals surface area contributed by atoms with E-state index in [1.807, 2.05) is 49.4 Å². The van der Waals surface area contributed by atoms with E-state index in [0.717, 1.165) is 35.4 Å². The maximum absolute atomic E-state index is 13.0. The lowest BCUT2D eigenvalue weighted by Crippen LogP contribution is -2.41. The number of carbonyl (C=O) groups excluding carboxylic acids is 1. The number of carbonyl (C=O) groups is 1. The first-order valence-corrected chi connectivity index (χ1v) is 11.0. The Morgan fingerprint density at radius 1 is 1.10 bits per heavy atom. The van der Waals surface area contributed by atoms with E-state index >= 15 is 0 Å². The number of aryl methyl sites for hydroxylation is 1. The normalized spacial score (nSPS) is 10.8. The number of benzene rings is 2. The Kier molecular flexibility index (Phi) is 9.37. The van der Waals surface area contributed by atoms with Gasteiger partial charge in [-0.25, -0.2) is 4.98 Å². The monoisotopic (exact) mass is 467 g/mol. The summed E-state index contributed by atoms with van der Waals surface area (Å²) in [4.78, 5) is 21.7. The molecule has 0 saturated carbocycles. The Bertz CT molecular complexity index is 959. The molecule has 0 saturated heterocycles. The van der Waals surface area contributed by atoms with Gasteiger partial charge in [-0.3, -0.25) is 9.69 Å². The summed E-state index contributed by atoms with van der Waals surface area (Å²) in [5.41, 5.74) is 1.99. The molecule has 0 aliphatic carbocycles. The highest BCUT2D eigenvalue weighted by atomic mass is 35.5. The number of ether oxygens (including phenoxy) is 1. The number of thiazole rings is 1. The van der Waals surface area contributed by atoms with Gasteiger partial charge in [0.15, 0.2) is 11.7 Å². The minimum Gasteiger partial charge on any atom is -0.484 e. The van der Waals surface area contributed by atoms with Crippen molar-refractivity contribution in [3.05, 3.63) is 53.1 Å². The Hall–Kier alpha value is -1.86. The molecule has 0 aliphatic heterocycles. The van der Waals surface area contributed by atoms with Gasteiger partial charge >= 0.3 is 0 Å². The highest BCUT2D eigenvalue weighted by Gasteiger charge is 2.21. The van der Waals surface area contributed by atoms with Crippen LogP contribution in [0.3, 0.4) is 0 Å². The van der Waals surface area contributed by atoms with Crippen LogP contribution < -0.4 is 9.64 Å². The third-order valence-electron chi connectivity index (χ3n) is 4.79. The summed E-state index contributed by atoms with van der Waals surface area (Å²) in [6.07, 6.45) is 0. The molecule has 2 aromatic carbocycles. The molecule has 5 nitrogen and oxygen atoms in total. The fourth-order valence-corrected chi connectivity index (χ4v) is 4.25. The van der Waals surface area contributed by atoms with Crippen LogP contribution in [0.5, 0.6) is 5.75 Å². The molecular formula is C22H27Cl2N3O2S. The van der Waals surface area contributed by atoms with Crippen LogP contribution in [-0.2, 0) is 4.79 Å². The molecule has 1 amide bonds. The van der Waals surface area contributed by atoms with Crippen molar-refractivity contribution in [3.8, 4) is 5.75 Å². The number of likely N-dealkylation sites (N-methyl/N-ethyl adjacent to an activating group) is 1. The van der Waals surface area contributed by atoms with Gasteiger partial charge in [0, 0.05) is 18.1 Å². The van der Waals surface area contributed by atoms with Crippen molar-refractivity contribution in [2.24, 2.45) is 0 Å².